The van der Waals surface area contributed by atoms with Gasteiger partial charge in [-0.15, -0.1) is 0 Å². The molecule has 0 spiro atoms. The van der Waals surface area contributed by atoms with E-state index in [1.165, 1.54) is 7.05 Å². The Bertz CT molecular complexity index is 1420. The third kappa shape index (κ3) is 6.05. The van der Waals surface area contributed by atoms with Gasteiger partial charge in [-0.2, -0.15) is 4.98 Å². The molecule has 4 rings (SSSR count). The predicted octanol–water partition coefficient (Wildman–Crippen LogP) is 3.88. The van der Waals surface area contributed by atoms with Gasteiger partial charge in [0.1, 0.15) is 24.7 Å². The van der Waals surface area contributed by atoms with E-state index in [2.05, 4.69) is 43.5 Å². The molecule has 0 unspecified atom stereocenters. The summed E-state index contributed by atoms with van der Waals surface area (Å²) in [6.07, 6.45) is 3.55. The molecule has 1 aromatic heterocycles. The first-order chi connectivity index (χ1) is 18.1. The molecular weight excluding hydrogens is 576 g/mol. The van der Waals surface area contributed by atoms with Crippen LogP contribution >= 0.6 is 15.9 Å². The lowest BCUT2D eigenvalue weighted by atomic mass is 10.1. The summed E-state index contributed by atoms with van der Waals surface area (Å²) in [6.45, 7) is 3.38. The number of hydrogen-bond donors (Lipinski definition) is 3. The molecule has 38 heavy (non-hydrogen) atoms. The van der Waals surface area contributed by atoms with Crippen molar-refractivity contribution in [3.05, 3.63) is 46.6 Å². The maximum Gasteiger partial charge on any atom is 0.232 e. The summed E-state index contributed by atoms with van der Waals surface area (Å²) >= 11 is 3.48. The van der Waals surface area contributed by atoms with Gasteiger partial charge in [0.25, 0.3) is 0 Å². The molecule has 0 radical (unpaired) electrons. The number of likely N-dealkylation sites (N-methyl/N-ethyl adjacent to an activating group) is 1. The third-order valence-corrected chi connectivity index (χ3v) is 7.81. The molecule has 11 nitrogen and oxygen atoms in total. The summed E-state index contributed by atoms with van der Waals surface area (Å²) in [6, 6.07) is 9.41. The van der Waals surface area contributed by atoms with Crippen LogP contribution in [0.1, 0.15) is 12.5 Å². The minimum Gasteiger partial charge on any atom is -0.486 e. The molecule has 2 heterocycles. The second-order valence-electron chi connectivity index (χ2n) is 8.70. The van der Waals surface area contributed by atoms with E-state index in [1.807, 2.05) is 30.1 Å². The molecule has 13 heteroatoms. The van der Waals surface area contributed by atoms with E-state index in [1.54, 1.807) is 18.3 Å². The quantitative estimate of drug-likeness (QED) is 0.312. The van der Waals surface area contributed by atoms with Crippen molar-refractivity contribution in [1.29, 1.82) is 0 Å². The summed E-state index contributed by atoms with van der Waals surface area (Å²) in [4.78, 5) is 11.0. The second-order valence-corrected chi connectivity index (χ2v) is 11.6. The molecule has 1 aliphatic rings. The minimum absolute atomic E-state index is 0.0766. The Morgan fingerprint density at radius 3 is 2.61 bits per heavy atom. The Morgan fingerprint density at radius 2 is 1.89 bits per heavy atom. The maximum atomic E-state index is 12.4. The average molecular weight is 608 g/mol. The van der Waals surface area contributed by atoms with Crippen LogP contribution in [0.3, 0.4) is 0 Å². The second kappa shape index (κ2) is 11.6. The molecule has 0 saturated carbocycles. The van der Waals surface area contributed by atoms with Crippen molar-refractivity contribution in [1.82, 2.24) is 9.97 Å². The Balaban J connectivity index is 1.66. The number of sulfonamides is 1. The Labute approximate surface area is 231 Å². The topological polar surface area (TPSA) is 129 Å². The standard InChI is InChI=1S/C25H31BrN6O5S/c1-5-16-14-17(6-8-20(16)31(2)10-11-33)28-25-27-15-18(26)24(30-25)29-19-7-9-21-23(37-13-12-36-21)22(19)32(3)38(4,34)35/h6-9,14-15,33H,5,10-13H2,1-4H3,(H2,27,28,29,30). The van der Waals surface area contributed by atoms with Crippen molar-refractivity contribution < 1.29 is 23.0 Å². The molecule has 0 bridgehead atoms. The average Bonchev–Trinajstić information content (AvgIpc) is 2.89. The number of hydrogen-bond acceptors (Lipinski definition) is 10. The van der Waals surface area contributed by atoms with Crippen molar-refractivity contribution in [2.24, 2.45) is 0 Å². The number of rotatable bonds is 10. The van der Waals surface area contributed by atoms with Gasteiger partial charge < -0.3 is 30.1 Å². The van der Waals surface area contributed by atoms with Gasteiger partial charge in [-0.1, -0.05) is 6.92 Å². The van der Waals surface area contributed by atoms with E-state index in [-0.39, 0.29) is 6.61 Å². The normalized spacial score (nSPS) is 12.7. The van der Waals surface area contributed by atoms with E-state index in [0.29, 0.717) is 58.9 Å². The molecule has 3 aromatic rings. The fourth-order valence-electron chi connectivity index (χ4n) is 4.04. The lowest BCUT2D eigenvalue weighted by Gasteiger charge is -2.28. The van der Waals surface area contributed by atoms with Crippen molar-refractivity contribution in [2.45, 2.75) is 13.3 Å². The van der Waals surface area contributed by atoms with E-state index >= 15 is 0 Å². The summed E-state index contributed by atoms with van der Waals surface area (Å²) in [5, 5.41) is 15.7. The lowest BCUT2D eigenvalue weighted by molar-refractivity contribution is 0.172. The number of aliphatic hydroxyl groups is 1. The summed E-state index contributed by atoms with van der Waals surface area (Å²) < 4.78 is 38.1. The fraction of sp³-hybridized carbons (Fsp3) is 0.360. The van der Waals surface area contributed by atoms with Gasteiger partial charge in [-0.3, -0.25) is 4.31 Å². The highest BCUT2D eigenvalue weighted by Crippen LogP contribution is 2.46. The summed E-state index contributed by atoms with van der Waals surface area (Å²) in [7, 11) is -0.193. The number of aliphatic hydroxyl groups excluding tert-OH is 1. The van der Waals surface area contributed by atoms with Gasteiger partial charge >= 0.3 is 0 Å². The van der Waals surface area contributed by atoms with Crippen LogP contribution in [0.2, 0.25) is 0 Å². The van der Waals surface area contributed by atoms with Gasteiger partial charge in [0.05, 0.1) is 23.0 Å². The number of ether oxygens (including phenoxy) is 2. The van der Waals surface area contributed by atoms with Gasteiger partial charge in [0, 0.05) is 38.2 Å². The molecule has 0 saturated heterocycles. The van der Waals surface area contributed by atoms with Gasteiger partial charge in [-0.25, -0.2) is 13.4 Å². The number of fused-ring (bicyclic) bond motifs is 1. The van der Waals surface area contributed by atoms with E-state index in [4.69, 9.17) is 9.47 Å². The van der Waals surface area contributed by atoms with Crippen LogP contribution in [0.25, 0.3) is 0 Å². The van der Waals surface area contributed by atoms with Gasteiger partial charge in [-0.05, 0) is 58.2 Å². The highest BCUT2D eigenvalue weighted by atomic mass is 79.9. The Kier molecular flexibility index (Phi) is 8.48. The van der Waals surface area contributed by atoms with E-state index in [0.717, 1.165) is 33.9 Å². The first-order valence-electron chi connectivity index (χ1n) is 12.0. The zero-order chi connectivity index (χ0) is 27.4. The Hall–Kier alpha value is -3.29. The van der Waals surface area contributed by atoms with E-state index in [9.17, 15) is 13.5 Å². The van der Waals surface area contributed by atoms with Crippen LogP contribution in [0, 0.1) is 0 Å². The van der Waals surface area contributed by atoms with Crippen LogP contribution in [-0.4, -0.2) is 70.2 Å². The first kappa shape index (κ1) is 27.7. The van der Waals surface area contributed by atoms with Crippen LogP contribution < -0.4 is 29.3 Å². The predicted molar refractivity (Wildman–Crippen MR) is 153 cm³/mol. The molecule has 0 amide bonds. The SMILES string of the molecule is CCc1cc(Nc2ncc(Br)c(Nc3ccc4c(c3N(C)S(C)(=O)=O)OCCO4)n2)ccc1N(C)CCO. The van der Waals surface area contributed by atoms with Crippen LogP contribution in [-0.2, 0) is 16.4 Å². The van der Waals surface area contributed by atoms with Crippen molar-refractivity contribution in [3.63, 3.8) is 0 Å². The van der Waals surface area contributed by atoms with Crippen LogP contribution in [0.5, 0.6) is 11.5 Å². The Morgan fingerprint density at radius 1 is 1.13 bits per heavy atom. The highest BCUT2D eigenvalue weighted by molar-refractivity contribution is 9.10. The molecular formula is C25H31BrN6O5S. The number of aryl methyl sites for hydroxylation is 1. The zero-order valence-electron chi connectivity index (χ0n) is 21.7. The number of benzene rings is 2. The molecule has 0 fully saturated rings. The highest BCUT2D eigenvalue weighted by Gasteiger charge is 2.27. The molecule has 0 atom stereocenters. The molecule has 1 aliphatic heterocycles. The van der Waals surface area contributed by atoms with Gasteiger partial charge in [0.2, 0.25) is 16.0 Å². The summed E-state index contributed by atoms with van der Waals surface area (Å²) in [5.41, 5.74) is 3.77. The third-order valence-electron chi connectivity index (χ3n) is 6.06. The van der Waals surface area contributed by atoms with Crippen LogP contribution in [0.15, 0.2) is 41.0 Å². The number of nitrogens with one attached hydrogen (secondary N) is 2. The van der Waals surface area contributed by atoms with Crippen molar-refractivity contribution >= 4 is 60.5 Å². The summed E-state index contributed by atoms with van der Waals surface area (Å²) in [5.74, 6) is 1.59. The van der Waals surface area contributed by atoms with E-state index < -0.39 is 10.0 Å². The largest absolute Gasteiger partial charge is 0.486 e. The molecule has 3 N–H and O–H groups in total. The first-order valence-corrected chi connectivity index (χ1v) is 14.6. The maximum absolute atomic E-state index is 12.4. The number of aromatic nitrogens is 2. The fourth-order valence-corrected chi connectivity index (χ4v) is 4.84. The zero-order valence-corrected chi connectivity index (χ0v) is 24.1. The van der Waals surface area contributed by atoms with Crippen molar-refractivity contribution in [3.8, 4) is 11.5 Å². The monoisotopic (exact) mass is 606 g/mol. The smallest absolute Gasteiger partial charge is 0.232 e. The van der Waals surface area contributed by atoms with Gasteiger partial charge in [0.15, 0.2) is 11.5 Å². The number of anilines is 6. The van der Waals surface area contributed by atoms with Crippen LogP contribution in [0.4, 0.5) is 34.5 Å². The molecule has 0 aliphatic carbocycles. The molecule has 204 valence electrons. The number of halogens is 1. The van der Waals surface area contributed by atoms with Crippen molar-refractivity contribution in [2.75, 3.05) is 66.6 Å². The lowest BCUT2D eigenvalue weighted by Crippen LogP contribution is -2.27. The molecule has 2 aromatic carbocycles. The number of nitrogens with zero attached hydrogens (tertiary/aromatic N) is 4. The minimum atomic E-state index is -3.60.